The topological polar surface area (TPSA) is 49.1 Å². The number of hydrogen-bond donors (Lipinski definition) is 0. The van der Waals surface area contributed by atoms with E-state index in [1.165, 1.54) is 11.6 Å². The van der Waals surface area contributed by atoms with E-state index in [1.807, 2.05) is 24.3 Å². The molecule has 0 saturated carbocycles. The van der Waals surface area contributed by atoms with Gasteiger partial charge in [0.1, 0.15) is 23.3 Å². The van der Waals surface area contributed by atoms with Gasteiger partial charge in [0.15, 0.2) is 0 Å². The number of nitriles is 1. The van der Waals surface area contributed by atoms with E-state index in [0.717, 1.165) is 31.1 Å². The predicted molar refractivity (Wildman–Crippen MR) is 95.6 cm³/mol. The zero-order valence-corrected chi connectivity index (χ0v) is 15.0. The van der Waals surface area contributed by atoms with Crippen molar-refractivity contribution in [1.29, 1.82) is 5.26 Å². The lowest BCUT2D eigenvalue weighted by molar-refractivity contribution is -0.141. The summed E-state index contributed by atoms with van der Waals surface area (Å²) in [6.07, 6.45) is -1.96. The van der Waals surface area contributed by atoms with Crippen molar-refractivity contribution in [3.8, 4) is 11.8 Å². The van der Waals surface area contributed by atoms with Crippen molar-refractivity contribution in [2.75, 3.05) is 25.1 Å². The van der Waals surface area contributed by atoms with Crippen molar-refractivity contribution in [3.63, 3.8) is 0 Å². The Kier molecular flexibility index (Phi) is 5.54. The molecule has 2 heterocycles. The first-order valence-electron chi connectivity index (χ1n) is 8.77. The quantitative estimate of drug-likeness (QED) is 0.793. The van der Waals surface area contributed by atoms with Gasteiger partial charge in [0.25, 0.3) is 0 Å². The number of aromatic nitrogens is 1. The van der Waals surface area contributed by atoms with Crippen molar-refractivity contribution < 1.29 is 17.9 Å². The van der Waals surface area contributed by atoms with Crippen molar-refractivity contribution in [2.24, 2.45) is 5.92 Å². The minimum Gasteiger partial charge on any atom is -0.497 e. The molecule has 142 valence electrons. The molecule has 1 aliphatic rings. The number of nitrogens with zero attached hydrogens (tertiary/aromatic N) is 3. The molecule has 3 rings (SSSR count). The summed E-state index contributed by atoms with van der Waals surface area (Å²) in [5, 5.41) is 9.23. The van der Waals surface area contributed by atoms with Crippen molar-refractivity contribution >= 4 is 5.82 Å². The van der Waals surface area contributed by atoms with E-state index in [-0.39, 0.29) is 11.4 Å². The zero-order chi connectivity index (χ0) is 19.4. The third-order valence-corrected chi connectivity index (χ3v) is 4.86. The lowest BCUT2D eigenvalue weighted by Gasteiger charge is -2.33. The van der Waals surface area contributed by atoms with Crippen LogP contribution in [-0.2, 0) is 12.6 Å². The minimum absolute atomic E-state index is 0.132. The van der Waals surface area contributed by atoms with Crippen molar-refractivity contribution in [2.45, 2.75) is 25.4 Å². The van der Waals surface area contributed by atoms with Gasteiger partial charge in [0.2, 0.25) is 0 Å². The van der Waals surface area contributed by atoms with Crippen molar-refractivity contribution in [3.05, 3.63) is 53.2 Å². The summed E-state index contributed by atoms with van der Waals surface area (Å²) >= 11 is 0. The van der Waals surface area contributed by atoms with E-state index in [1.54, 1.807) is 12.0 Å². The van der Waals surface area contributed by atoms with E-state index < -0.39 is 11.9 Å². The Bertz CT molecular complexity index is 837. The maximum absolute atomic E-state index is 13.0. The number of alkyl halides is 3. The molecule has 1 saturated heterocycles. The molecule has 0 unspecified atom stereocenters. The predicted octanol–water partition coefficient (Wildman–Crippen LogP) is 4.44. The number of anilines is 1. The van der Waals surface area contributed by atoms with Crippen LogP contribution in [0.4, 0.5) is 19.0 Å². The number of hydrogen-bond acceptors (Lipinski definition) is 4. The van der Waals surface area contributed by atoms with Crippen LogP contribution >= 0.6 is 0 Å². The average molecular weight is 375 g/mol. The molecule has 1 aliphatic heterocycles. The number of rotatable bonds is 4. The molecule has 0 bridgehead atoms. The van der Waals surface area contributed by atoms with Crippen LogP contribution in [0.25, 0.3) is 0 Å². The fraction of sp³-hybridized carbons (Fsp3) is 0.400. The lowest BCUT2D eigenvalue weighted by Crippen LogP contribution is -2.35. The van der Waals surface area contributed by atoms with Gasteiger partial charge in [-0.2, -0.15) is 18.4 Å². The maximum Gasteiger partial charge on any atom is 0.433 e. The van der Waals surface area contributed by atoms with Crippen LogP contribution in [0.2, 0.25) is 0 Å². The molecule has 0 spiro atoms. The van der Waals surface area contributed by atoms with Crippen LogP contribution in [0, 0.1) is 17.2 Å². The highest BCUT2D eigenvalue weighted by Crippen LogP contribution is 2.32. The SMILES string of the molecule is COc1cccc(CC2CCN(c3nc(C(F)(F)F)ccc3C#N)CC2)c1. The second-order valence-corrected chi connectivity index (χ2v) is 6.66. The summed E-state index contributed by atoms with van der Waals surface area (Å²) in [4.78, 5) is 5.52. The van der Waals surface area contributed by atoms with Crippen LogP contribution in [0.5, 0.6) is 5.75 Å². The number of ether oxygens (including phenoxy) is 1. The smallest absolute Gasteiger partial charge is 0.433 e. The molecule has 0 radical (unpaired) electrons. The van der Waals surface area contributed by atoms with E-state index in [4.69, 9.17) is 4.74 Å². The standard InChI is InChI=1S/C20H20F3N3O/c1-27-17-4-2-3-15(12-17)11-14-7-9-26(10-8-14)19-16(13-24)5-6-18(25-19)20(21,22)23/h2-6,12,14H,7-11H2,1H3. The van der Waals surface area contributed by atoms with Gasteiger partial charge >= 0.3 is 6.18 Å². The van der Waals surface area contributed by atoms with E-state index in [0.29, 0.717) is 19.0 Å². The van der Waals surface area contributed by atoms with Gasteiger partial charge in [-0.1, -0.05) is 12.1 Å². The molecule has 0 amide bonds. The minimum atomic E-state index is -4.52. The Hall–Kier alpha value is -2.75. The maximum atomic E-state index is 13.0. The summed E-state index contributed by atoms with van der Waals surface area (Å²) in [6, 6.07) is 11.9. The fourth-order valence-corrected chi connectivity index (χ4v) is 3.42. The summed E-state index contributed by atoms with van der Waals surface area (Å²) in [7, 11) is 1.63. The Morgan fingerprint density at radius 2 is 1.96 bits per heavy atom. The molecule has 1 aromatic heterocycles. The lowest BCUT2D eigenvalue weighted by atomic mass is 9.90. The second kappa shape index (κ2) is 7.87. The Balaban J connectivity index is 1.69. The monoisotopic (exact) mass is 375 g/mol. The number of pyridine rings is 1. The molecule has 7 heteroatoms. The fourth-order valence-electron chi connectivity index (χ4n) is 3.42. The third kappa shape index (κ3) is 4.51. The highest BCUT2D eigenvalue weighted by Gasteiger charge is 2.34. The molecule has 1 fully saturated rings. The Morgan fingerprint density at radius 3 is 2.59 bits per heavy atom. The number of piperidine rings is 1. The van der Waals surface area contributed by atoms with Gasteiger partial charge in [0.05, 0.1) is 12.7 Å². The van der Waals surface area contributed by atoms with Gasteiger partial charge in [-0.3, -0.25) is 0 Å². The molecule has 27 heavy (non-hydrogen) atoms. The van der Waals surface area contributed by atoms with Crippen LogP contribution in [0.1, 0.15) is 29.7 Å². The number of halogens is 3. The highest BCUT2D eigenvalue weighted by atomic mass is 19.4. The summed E-state index contributed by atoms with van der Waals surface area (Å²) in [6.45, 7) is 1.16. The highest BCUT2D eigenvalue weighted by molar-refractivity contribution is 5.54. The van der Waals surface area contributed by atoms with Crippen LogP contribution in [-0.4, -0.2) is 25.2 Å². The zero-order valence-electron chi connectivity index (χ0n) is 15.0. The number of methoxy groups -OCH3 is 1. The first-order chi connectivity index (χ1) is 12.9. The average Bonchev–Trinajstić information content (AvgIpc) is 2.67. The van der Waals surface area contributed by atoms with Gasteiger partial charge in [0, 0.05) is 13.1 Å². The normalized spacial score (nSPS) is 15.4. The number of benzene rings is 1. The summed E-state index contributed by atoms with van der Waals surface area (Å²) in [5.41, 5.74) is 0.395. The Morgan fingerprint density at radius 1 is 1.22 bits per heavy atom. The summed E-state index contributed by atoms with van der Waals surface area (Å²) < 4.78 is 44.1. The Labute approximate surface area is 156 Å². The van der Waals surface area contributed by atoms with Crippen LogP contribution in [0.3, 0.4) is 0 Å². The van der Waals surface area contributed by atoms with Gasteiger partial charge < -0.3 is 9.64 Å². The van der Waals surface area contributed by atoms with E-state index in [2.05, 4.69) is 11.1 Å². The van der Waals surface area contributed by atoms with Crippen LogP contribution in [0.15, 0.2) is 36.4 Å². The second-order valence-electron chi connectivity index (χ2n) is 6.66. The van der Waals surface area contributed by atoms with Gasteiger partial charge in [-0.05, 0) is 55.0 Å². The summed E-state index contributed by atoms with van der Waals surface area (Å²) in [5.74, 6) is 1.38. The molecule has 0 atom stereocenters. The third-order valence-electron chi connectivity index (χ3n) is 4.86. The first kappa shape index (κ1) is 19.0. The molecule has 1 aromatic carbocycles. The van der Waals surface area contributed by atoms with Crippen LogP contribution < -0.4 is 9.64 Å². The van der Waals surface area contributed by atoms with E-state index >= 15 is 0 Å². The molecular formula is C20H20F3N3O. The molecular weight excluding hydrogens is 355 g/mol. The van der Waals surface area contributed by atoms with E-state index in [9.17, 15) is 18.4 Å². The van der Waals surface area contributed by atoms with Crippen molar-refractivity contribution in [1.82, 2.24) is 4.98 Å². The molecule has 4 nitrogen and oxygen atoms in total. The largest absolute Gasteiger partial charge is 0.497 e. The first-order valence-corrected chi connectivity index (χ1v) is 8.77. The molecule has 0 aliphatic carbocycles. The van der Waals surface area contributed by atoms with Gasteiger partial charge in [-0.15, -0.1) is 0 Å². The molecule has 2 aromatic rings. The van der Waals surface area contributed by atoms with Gasteiger partial charge in [-0.25, -0.2) is 4.98 Å². The molecule has 0 N–H and O–H groups in total.